The van der Waals surface area contributed by atoms with Gasteiger partial charge in [-0.3, -0.25) is 0 Å². The highest BCUT2D eigenvalue weighted by Gasteiger charge is 2.14. The third kappa shape index (κ3) is 3.59. The van der Waals surface area contributed by atoms with Crippen LogP contribution in [0.25, 0.3) is 0 Å². The number of nitrogens with one attached hydrogen (secondary N) is 1. The zero-order chi connectivity index (χ0) is 13.0. The molecule has 0 radical (unpaired) electrons. The van der Waals surface area contributed by atoms with Gasteiger partial charge >= 0.3 is 0 Å². The van der Waals surface area contributed by atoms with Gasteiger partial charge in [-0.05, 0) is 32.1 Å². The van der Waals surface area contributed by atoms with E-state index in [1.54, 1.807) is 0 Å². The number of aryl methyl sites for hydroxylation is 1. The molecule has 18 heavy (non-hydrogen) atoms. The van der Waals surface area contributed by atoms with E-state index in [-0.39, 0.29) is 0 Å². The zero-order valence-electron chi connectivity index (χ0n) is 11.7. The summed E-state index contributed by atoms with van der Waals surface area (Å²) >= 11 is 0. The third-order valence-corrected chi connectivity index (χ3v) is 3.28. The van der Waals surface area contributed by atoms with E-state index in [9.17, 15) is 0 Å². The molecule has 0 amide bonds. The van der Waals surface area contributed by atoms with Crippen molar-refractivity contribution in [2.45, 2.75) is 40.0 Å². The Balaban J connectivity index is 2.01. The Hall–Kier alpha value is -1.32. The average Bonchev–Trinajstić information content (AvgIpc) is 2.81. The molecule has 2 heterocycles. The van der Waals surface area contributed by atoms with Crippen molar-refractivity contribution in [3.63, 3.8) is 0 Å². The van der Waals surface area contributed by atoms with Crippen LogP contribution < -0.4 is 10.2 Å². The first kappa shape index (κ1) is 13.1. The molecule has 4 nitrogen and oxygen atoms in total. The Kier molecular flexibility index (Phi) is 4.39. The lowest BCUT2D eigenvalue weighted by Gasteiger charge is -2.17. The van der Waals surface area contributed by atoms with Crippen LogP contribution in [0, 0.1) is 12.8 Å². The van der Waals surface area contributed by atoms with Crippen LogP contribution in [0.2, 0.25) is 0 Å². The van der Waals surface area contributed by atoms with Gasteiger partial charge in [0.25, 0.3) is 0 Å². The highest BCUT2D eigenvalue weighted by molar-refractivity contribution is 5.45. The smallest absolute Gasteiger partial charge is 0.224 e. The fourth-order valence-electron chi connectivity index (χ4n) is 2.21. The lowest BCUT2D eigenvalue weighted by Crippen LogP contribution is -2.20. The highest BCUT2D eigenvalue weighted by Crippen LogP contribution is 2.19. The maximum Gasteiger partial charge on any atom is 0.224 e. The molecule has 0 aliphatic carbocycles. The summed E-state index contributed by atoms with van der Waals surface area (Å²) in [6.45, 7) is 9.70. The summed E-state index contributed by atoms with van der Waals surface area (Å²) in [4.78, 5) is 11.4. The Labute approximate surface area is 110 Å². The van der Waals surface area contributed by atoms with Crippen molar-refractivity contribution < 1.29 is 0 Å². The van der Waals surface area contributed by atoms with Gasteiger partial charge in [0.2, 0.25) is 5.95 Å². The van der Waals surface area contributed by atoms with E-state index < -0.39 is 0 Å². The van der Waals surface area contributed by atoms with E-state index in [1.165, 1.54) is 12.8 Å². The van der Waals surface area contributed by atoms with Crippen LogP contribution in [-0.2, 0) is 0 Å². The first-order valence-electron chi connectivity index (χ1n) is 6.99. The topological polar surface area (TPSA) is 41.1 Å². The van der Waals surface area contributed by atoms with Gasteiger partial charge in [0.05, 0.1) is 0 Å². The van der Waals surface area contributed by atoms with Crippen molar-refractivity contribution in [3.8, 4) is 0 Å². The second-order valence-electron chi connectivity index (χ2n) is 5.49. The minimum atomic E-state index is 0.709. The number of rotatable bonds is 5. The van der Waals surface area contributed by atoms with Crippen molar-refractivity contribution in [2.24, 2.45) is 5.92 Å². The average molecular weight is 248 g/mol. The lowest BCUT2D eigenvalue weighted by molar-refractivity contribution is 0.605. The summed E-state index contributed by atoms with van der Waals surface area (Å²) in [7, 11) is 0. The van der Waals surface area contributed by atoms with Crippen LogP contribution in [0.5, 0.6) is 0 Å². The second-order valence-corrected chi connectivity index (χ2v) is 5.49. The van der Waals surface area contributed by atoms with Crippen molar-refractivity contribution in [1.29, 1.82) is 0 Å². The molecule has 0 spiro atoms. The minimum absolute atomic E-state index is 0.709. The maximum atomic E-state index is 4.62. The molecule has 1 fully saturated rings. The number of anilines is 2. The molecular weight excluding hydrogens is 224 g/mol. The fraction of sp³-hybridized carbons (Fsp3) is 0.714. The highest BCUT2D eigenvalue weighted by atomic mass is 15.2. The lowest BCUT2D eigenvalue weighted by atomic mass is 10.1. The molecule has 0 aromatic carbocycles. The Morgan fingerprint density at radius 3 is 2.67 bits per heavy atom. The summed E-state index contributed by atoms with van der Waals surface area (Å²) in [5.74, 6) is 2.56. The van der Waals surface area contributed by atoms with E-state index in [4.69, 9.17) is 0 Å². The molecule has 0 saturated carbocycles. The van der Waals surface area contributed by atoms with Crippen molar-refractivity contribution in [2.75, 3.05) is 29.9 Å². The van der Waals surface area contributed by atoms with Gasteiger partial charge in [-0.1, -0.05) is 13.8 Å². The molecular formula is C14H24N4. The number of nitrogens with zero attached hydrogens (tertiary/aromatic N) is 3. The molecule has 0 atom stereocenters. The van der Waals surface area contributed by atoms with Gasteiger partial charge in [0, 0.05) is 31.4 Å². The normalized spacial score (nSPS) is 15.4. The van der Waals surface area contributed by atoms with Gasteiger partial charge in [-0.25, -0.2) is 4.98 Å². The molecule has 1 aromatic rings. The van der Waals surface area contributed by atoms with Crippen molar-refractivity contribution in [3.05, 3.63) is 11.8 Å². The van der Waals surface area contributed by atoms with Crippen molar-refractivity contribution >= 4 is 11.8 Å². The molecule has 4 heteroatoms. The van der Waals surface area contributed by atoms with Crippen LogP contribution in [0.1, 0.15) is 38.8 Å². The van der Waals surface area contributed by atoms with Crippen LogP contribution >= 0.6 is 0 Å². The zero-order valence-corrected chi connectivity index (χ0v) is 11.7. The molecule has 1 N–H and O–H groups in total. The van der Waals surface area contributed by atoms with Gasteiger partial charge in [0.1, 0.15) is 5.82 Å². The summed E-state index contributed by atoms with van der Waals surface area (Å²) in [6.07, 6.45) is 3.70. The van der Waals surface area contributed by atoms with E-state index in [1.807, 2.05) is 6.92 Å². The Bertz CT molecular complexity index is 383. The monoisotopic (exact) mass is 248 g/mol. The predicted octanol–water partition coefficient (Wildman–Crippen LogP) is 2.84. The third-order valence-electron chi connectivity index (χ3n) is 3.28. The van der Waals surface area contributed by atoms with Crippen LogP contribution in [-0.4, -0.2) is 29.6 Å². The summed E-state index contributed by atoms with van der Waals surface area (Å²) in [6, 6.07) is 2.08. The summed E-state index contributed by atoms with van der Waals surface area (Å²) < 4.78 is 0. The number of hydrogen-bond acceptors (Lipinski definition) is 4. The number of hydrogen-bond donors (Lipinski definition) is 1. The predicted molar refractivity (Wildman–Crippen MR) is 76.2 cm³/mol. The second kappa shape index (κ2) is 6.03. The molecule has 2 rings (SSSR count). The van der Waals surface area contributed by atoms with Crippen LogP contribution in [0.15, 0.2) is 6.07 Å². The maximum absolute atomic E-state index is 4.62. The van der Waals surface area contributed by atoms with Crippen LogP contribution in [0.3, 0.4) is 0 Å². The molecule has 0 bridgehead atoms. The molecule has 1 aliphatic heterocycles. The van der Waals surface area contributed by atoms with Crippen molar-refractivity contribution in [1.82, 2.24) is 9.97 Å². The molecule has 100 valence electrons. The molecule has 1 aliphatic rings. The summed E-state index contributed by atoms with van der Waals surface area (Å²) in [5.41, 5.74) is 1.04. The van der Waals surface area contributed by atoms with E-state index in [0.29, 0.717) is 5.92 Å². The van der Waals surface area contributed by atoms with Gasteiger partial charge in [-0.15, -0.1) is 0 Å². The number of aromatic nitrogens is 2. The van der Waals surface area contributed by atoms with Gasteiger partial charge in [-0.2, -0.15) is 4.98 Å². The quantitative estimate of drug-likeness (QED) is 0.870. The Morgan fingerprint density at radius 1 is 1.28 bits per heavy atom. The standard InChI is InChI=1S/C14H24N4/c1-11(2)6-7-15-14-16-12(3)10-13(17-14)18-8-4-5-9-18/h10-11H,4-9H2,1-3H3,(H,15,16,17). The molecule has 0 unspecified atom stereocenters. The van der Waals surface area contributed by atoms with Gasteiger partial charge < -0.3 is 10.2 Å². The van der Waals surface area contributed by atoms with Gasteiger partial charge in [0.15, 0.2) is 0 Å². The fourth-order valence-corrected chi connectivity index (χ4v) is 2.21. The Morgan fingerprint density at radius 2 is 2.00 bits per heavy atom. The van der Waals surface area contributed by atoms with E-state index in [2.05, 4.69) is 40.1 Å². The first-order valence-corrected chi connectivity index (χ1v) is 6.99. The first-order chi connectivity index (χ1) is 8.65. The van der Waals surface area contributed by atoms with E-state index in [0.717, 1.165) is 43.5 Å². The summed E-state index contributed by atoms with van der Waals surface area (Å²) in [5, 5.41) is 3.33. The largest absolute Gasteiger partial charge is 0.356 e. The SMILES string of the molecule is Cc1cc(N2CCCC2)nc(NCCC(C)C)n1. The molecule has 1 aromatic heterocycles. The minimum Gasteiger partial charge on any atom is -0.356 e. The molecule has 1 saturated heterocycles. The van der Waals surface area contributed by atoms with Crippen LogP contribution in [0.4, 0.5) is 11.8 Å². The van der Waals surface area contributed by atoms with E-state index >= 15 is 0 Å².